The summed E-state index contributed by atoms with van der Waals surface area (Å²) in [6.07, 6.45) is -3.62. The number of alkyl halides is 3. The van der Waals surface area contributed by atoms with Gasteiger partial charge in [-0.3, -0.25) is 0 Å². The van der Waals surface area contributed by atoms with E-state index < -0.39 is 11.9 Å². The number of anilines is 1. The van der Waals surface area contributed by atoms with E-state index in [2.05, 4.69) is 15.5 Å². The van der Waals surface area contributed by atoms with E-state index in [0.717, 1.165) is 12.5 Å². The number of hydrogen-bond donors (Lipinski definition) is 1. The quantitative estimate of drug-likeness (QED) is 0.868. The Morgan fingerprint density at radius 3 is 2.37 bits per heavy atom. The third kappa shape index (κ3) is 5.42. The fourth-order valence-electron chi connectivity index (χ4n) is 1.37. The average Bonchev–Trinajstić information content (AvgIpc) is 2.34. The normalized spacial score (nSPS) is 12.5. The number of methoxy groups -OCH3 is 1. The molecule has 108 valence electrons. The smallest absolute Gasteiger partial charge is 0.385 e. The Balaban J connectivity index is 2.54. The van der Waals surface area contributed by atoms with Crippen molar-refractivity contribution in [2.45, 2.75) is 26.4 Å². The molecule has 1 N–H and O–H groups in total. The Morgan fingerprint density at radius 1 is 1.21 bits per heavy atom. The second-order valence-corrected chi connectivity index (χ2v) is 5.06. The van der Waals surface area contributed by atoms with Gasteiger partial charge in [0.1, 0.15) is 5.82 Å². The maximum atomic E-state index is 12.3. The minimum Gasteiger partial charge on any atom is -0.385 e. The molecule has 1 aromatic rings. The van der Waals surface area contributed by atoms with E-state index >= 15 is 0 Å². The zero-order chi connectivity index (χ0) is 14.5. The Bertz CT molecular complexity index is 390. The van der Waals surface area contributed by atoms with Crippen LogP contribution in [0.1, 0.15) is 26.0 Å². The van der Waals surface area contributed by atoms with Crippen molar-refractivity contribution in [1.29, 1.82) is 0 Å². The fourth-order valence-corrected chi connectivity index (χ4v) is 1.37. The topological polar surface area (TPSA) is 47.0 Å². The Hall–Kier alpha value is -1.37. The molecule has 0 amide bonds. The Kier molecular flexibility index (Phi) is 5.11. The van der Waals surface area contributed by atoms with Crippen LogP contribution in [0.4, 0.5) is 19.0 Å². The molecule has 0 saturated heterocycles. The van der Waals surface area contributed by atoms with Gasteiger partial charge in [0.25, 0.3) is 0 Å². The lowest BCUT2D eigenvalue weighted by atomic mass is 9.90. The molecule has 4 nitrogen and oxygen atoms in total. The van der Waals surface area contributed by atoms with Crippen LogP contribution < -0.4 is 5.32 Å². The van der Waals surface area contributed by atoms with Gasteiger partial charge < -0.3 is 10.1 Å². The molecule has 0 fully saturated rings. The van der Waals surface area contributed by atoms with E-state index in [0.29, 0.717) is 19.0 Å². The lowest BCUT2D eigenvalue weighted by Crippen LogP contribution is -2.25. The second-order valence-electron chi connectivity index (χ2n) is 5.06. The number of nitrogens with zero attached hydrogens (tertiary/aromatic N) is 2. The van der Waals surface area contributed by atoms with Crippen LogP contribution in [0.5, 0.6) is 0 Å². The van der Waals surface area contributed by atoms with Gasteiger partial charge >= 0.3 is 6.18 Å². The molecule has 0 atom stereocenters. The van der Waals surface area contributed by atoms with Gasteiger partial charge in [-0.1, -0.05) is 13.8 Å². The summed E-state index contributed by atoms with van der Waals surface area (Å²) >= 11 is 0. The fraction of sp³-hybridized carbons (Fsp3) is 0.667. The molecule has 1 heterocycles. The molecule has 0 aliphatic heterocycles. The van der Waals surface area contributed by atoms with Crippen LogP contribution >= 0.6 is 0 Å². The minimum atomic E-state index is -4.46. The van der Waals surface area contributed by atoms with E-state index in [-0.39, 0.29) is 5.41 Å². The van der Waals surface area contributed by atoms with Crippen molar-refractivity contribution >= 4 is 5.82 Å². The molecule has 7 heteroatoms. The predicted octanol–water partition coefficient (Wildman–Crippen LogP) is 2.97. The monoisotopic (exact) mass is 277 g/mol. The van der Waals surface area contributed by atoms with Crippen LogP contribution in [0.25, 0.3) is 0 Å². The molecule has 0 aliphatic rings. The van der Waals surface area contributed by atoms with Gasteiger partial charge in [-0.2, -0.15) is 13.2 Å². The molecule has 0 aliphatic carbocycles. The van der Waals surface area contributed by atoms with E-state index in [9.17, 15) is 13.2 Å². The number of halogens is 3. The Morgan fingerprint density at radius 2 is 1.89 bits per heavy atom. The van der Waals surface area contributed by atoms with Crippen molar-refractivity contribution in [3.63, 3.8) is 0 Å². The van der Waals surface area contributed by atoms with Gasteiger partial charge in [0.15, 0.2) is 5.69 Å². The lowest BCUT2D eigenvalue weighted by Gasteiger charge is -2.24. The number of hydrogen-bond acceptors (Lipinski definition) is 4. The van der Waals surface area contributed by atoms with E-state index in [1.54, 1.807) is 7.11 Å². The van der Waals surface area contributed by atoms with Crippen molar-refractivity contribution in [2.75, 3.05) is 25.6 Å². The van der Waals surface area contributed by atoms with Crippen LogP contribution in [0.2, 0.25) is 0 Å². The highest BCUT2D eigenvalue weighted by Gasteiger charge is 2.32. The largest absolute Gasteiger partial charge is 0.435 e. The number of nitrogens with one attached hydrogen (secondary N) is 1. The first-order valence-electron chi connectivity index (χ1n) is 5.88. The van der Waals surface area contributed by atoms with Gasteiger partial charge in [0, 0.05) is 20.3 Å². The summed E-state index contributed by atoms with van der Waals surface area (Å²) < 4.78 is 41.9. The molecule has 0 spiro atoms. The summed E-state index contributed by atoms with van der Waals surface area (Å²) in [6, 6.07) is 2.19. The van der Waals surface area contributed by atoms with Crippen molar-refractivity contribution in [3.05, 3.63) is 17.8 Å². The maximum absolute atomic E-state index is 12.3. The van der Waals surface area contributed by atoms with Crippen LogP contribution in [0, 0.1) is 5.41 Å². The molecule has 1 rings (SSSR count). The predicted molar refractivity (Wildman–Crippen MR) is 65.8 cm³/mol. The first kappa shape index (κ1) is 15.7. The van der Waals surface area contributed by atoms with Crippen molar-refractivity contribution in [1.82, 2.24) is 10.2 Å². The molecule has 0 bridgehead atoms. The third-order valence-corrected chi connectivity index (χ3v) is 2.69. The third-order valence-electron chi connectivity index (χ3n) is 2.69. The van der Waals surface area contributed by atoms with Crippen molar-refractivity contribution in [3.8, 4) is 0 Å². The molecule has 0 aromatic carbocycles. The maximum Gasteiger partial charge on any atom is 0.435 e. The molecule has 0 saturated carbocycles. The Labute approximate surface area is 110 Å². The summed E-state index contributed by atoms with van der Waals surface area (Å²) in [5.41, 5.74) is -1.03. The summed E-state index contributed by atoms with van der Waals surface area (Å²) in [5, 5.41) is 9.64. The highest BCUT2D eigenvalue weighted by atomic mass is 19.4. The highest BCUT2D eigenvalue weighted by Crippen LogP contribution is 2.27. The minimum absolute atomic E-state index is 0.0413. The number of rotatable bonds is 6. The molecular weight excluding hydrogens is 259 g/mol. The van der Waals surface area contributed by atoms with E-state index in [1.807, 2.05) is 13.8 Å². The van der Waals surface area contributed by atoms with Gasteiger partial charge in [-0.15, -0.1) is 10.2 Å². The van der Waals surface area contributed by atoms with E-state index in [4.69, 9.17) is 4.74 Å². The van der Waals surface area contributed by atoms with Crippen molar-refractivity contribution in [2.24, 2.45) is 5.41 Å². The summed E-state index contributed by atoms with van der Waals surface area (Å²) in [4.78, 5) is 0. The first-order valence-corrected chi connectivity index (χ1v) is 5.88. The van der Waals surface area contributed by atoms with E-state index in [1.165, 1.54) is 6.07 Å². The van der Waals surface area contributed by atoms with Crippen molar-refractivity contribution < 1.29 is 17.9 Å². The molecule has 1 aromatic heterocycles. The molecule has 0 unspecified atom stereocenters. The average molecular weight is 277 g/mol. The SMILES string of the molecule is COCCC(C)(C)CNc1ccc(C(F)(F)F)nn1. The molecular formula is C12H18F3N3O. The zero-order valence-electron chi connectivity index (χ0n) is 11.2. The van der Waals surface area contributed by atoms with Crippen LogP contribution in [-0.4, -0.2) is 30.5 Å². The second kappa shape index (κ2) is 6.18. The van der Waals surface area contributed by atoms with Gasteiger partial charge in [0.2, 0.25) is 0 Å². The van der Waals surface area contributed by atoms with Gasteiger partial charge in [-0.05, 0) is 24.0 Å². The van der Waals surface area contributed by atoms with Crippen LogP contribution in [-0.2, 0) is 10.9 Å². The summed E-state index contributed by atoms with van der Waals surface area (Å²) in [7, 11) is 1.63. The van der Waals surface area contributed by atoms with Gasteiger partial charge in [-0.25, -0.2) is 0 Å². The summed E-state index contributed by atoms with van der Waals surface area (Å²) in [5.74, 6) is 0.332. The highest BCUT2D eigenvalue weighted by molar-refractivity contribution is 5.33. The van der Waals surface area contributed by atoms with Crippen LogP contribution in [0.3, 0.4) is 0 Å². The zero-order valence-corrected chi connectivity index (χ0v) is 11.2. The van der Waals surface area contributed by atoms with Gasteiger partial charge in [0.05, 0.1) is 0 Å². The molecule has 0 radical (unpaired) electrons. The van der Waals surface area contributed by atoms with Crippen LogP contribution in [0.15, 0.2) is 12.1 Å². The number of ether oxygens (including phenoxy) is 1. The number of aromatic nitrogens is 2. The molecule has 19 heavy (non-hydrogen) atoms. The first-order chi connectivity index (χ1) is 8.74. The standard InChI is InChI=1S/C12H18F3N3O/c1-11(2,6-7-19-3)8-16-10-5-4-9(17-18-10)12(13,14)15/h4-5H,6-8H2,1-3H3,(H,16,18). The summed E-state index contributed by atoms with van der Waals surface area (Å²) in [6.45, 7) is 5.29. The lowest BCUT2D eigenvalue weighted by molar-refractivity contribution is -0.141.